The van der Waals surface area contributed by atoms with Crippen molar-refractivity contribution in [2.45, 2.75) is 45.1 Å². The molecule has 9 aromatic carbocycles. The second-order valence-corrected chi connectivity index (χ2v) is 25.3. The van der Waals surface area contributed by atoms with Gasteiger partial charge in [0.2, 0.25) is 0 Å². The van der Waals surface area contributed by atoms with Gasteiger partial charge in [0.1, 0.15) is 23.1 Å². The van der Waals surface area contributed by atoms with E-state index in [0.29, 0.717) is 5.92 Å². The number of furan rings is 1. The Bertz CT molecular complexity index is 5160. The van der Waals surface area contributed by atoms with Crippen LogP contribution in [0.1, 0.15) is 53.8 Å². The van der Waals surface area contributed by atoms with Crippen LogP contribution in [0, 0.1) is 11.9 Å². The summed E-state index contributed by atoms with van der Waals surface area (Å²) in [7, 11) is -1.53. The standard InChI is InChI=1S/C74H51BN4O2P/c1-43-41-57-64-58(42-43)77(46-26-8-4-9-27-46)68-63-52-34-16-21-40-60(52)81-72(63)70(79-55-37-19-14-32-50(55)61-44(2)23-22-38-56(61)79)74-66(68)75(64)65-67(76(57)45-24-6-3-7-25-45)62-51-33-15-20-39-59(51)80-71(62)69(73(65)82(74)47-28-10-5-11-29-47)78-53-35-17-12-30-48(53)49-31-13-18-36-54(49)78/h3-12,14-22,24-30,32-42,44,59H,13,23,31H2,1-2H3/q+1. The zero-order valence-electron chi connectivity index (χ0n) is 45.3. The Labute approximate surface area is 475 Å². The summed E-state index contributed by atoms with van der Waals surface area (Å²) in [6.45, 7) is 4.46. The number of hydrogen-bond donors (Lipinski definition) is 0. The maximum atomic E-state index is 7.83. The van der Waals surface area contributed by atoms with Crippen LogP contribution >= 0.6 is 7.55 Å². The maximum absolute atomic E-state index is 7.83. The minimum atomic E-state index is -1.53. The van der Waals surface area contributed by atoms with E-state index < -0.39 is 7.55 Å². The molecule has 3 aromatic heterocycles. The Hall–Kier alpha value is -9.55. The highest BCUT2D eigenvalue weighted by atomic mass is 31.1. The number of rotatable bonds is 5. The Kier molecular flexibility index (Phi) is 9.12. The Morgan fingerprint density at radius 1 is 0.585 bits per heavy atom. The molecule has 82 heavy (non-hydrogen) atoms. The molecule has 0 saturated carbocycles. The Morgan fingerprint density at radius 2 is 1.23 bits per heavy atom. The van der Waals surface area contributed by atoms with Crippen LogP contribution in [0.15, 0.2) is 217 Å². The fraction of sp³-hybridized carbons (Fsp3) is 0.0946. The molecule has 3 unspecified atom stereocenters. The molecule has 0 fully saturated rings. The summed E-state index contributed by atoms with van der Waals surface area (Å²) >= 11 is 0. The molecular weight excluding hydrogens is 1020 g/mol. The smallest absolute Gasteiger partial charge is 0.264 e. The highest BCUT2D eigenvalue weighted by molar-refractivity contribution is 7.67. The lowest BCUT2D eigenvalue weighted by molar-refractivity contribution is 0.316. The summed E-state index contributed by atoms with van der Waals surface area (Å²) in [5, 5.41) is 8.59. The molecule has 0 N–H and O–H groups in total. The van der Waals surface area contributed by atoms with Crippen LogP contribution in [0.2, 0.25) is 0 Å². The van der Waals surface area contributed by atoms with Crippen molar-refractivity contribution in [3.8, 4) is 17.1 Å². The van der Waals surface area contributed by atoms with Gasteiger partial charge in [0.25, 0.3) is 6.71 Å². The number of nitrogens with zero attached hydrogens (tertiary/aromatic N) is 4. The molecule has 7 heterocycles. The monoisotopic (exact) mass is 1070 g/mol. The van der Waals surface area contributed by atoms with Gasteiger partial charge in [0.15, 0.2) is 34.4 Å². The van der Waals surface area contributed by atoms with Gasteiger partial charge < -0.3 is 28.1 Å². The van der Waals surface area contributed by atoms with E-state index in [1.165, 1.54) is 115 Å². The summed E-state index contributed by atoms with van der Waals surface area (Å²) in [4.78, 5) is 6.60. The second-order valence-electron chi connectivity index (χ2n) is 23.2. The van der Waals surface area contributed by atoms with Gasteiger partial charge in [-0.1, -0.05) is 146 Å². The van der Waals surface area contributed by atoms with Gasteiger partial charge in [0.05, 0.1) is 39.2 Å². The van der Waals surface area contributed by atoms with E-state index in [4.69, 9.17) is 9.15 Å². The molecule has 0 spiro atoms. The number of benzene rings is 9. The predicted octanol–water partition coefficient (Wildman–Crippen LogP) is 15.1. The van der Waals surface area contributed by atoms with Crippen LogP contribution in [-0.4, -0.2) is 22.0 Å². The van der Waals surface area contributed by atoms with Crippen LogP contribution < -0.4 is 46.8 Å². The van der Waals surface area contributed by atoms with Gasteiger partial charge in [-0.15, -0.1) is 0 Å². The number of aryl methyl sites for hydroxylation is 2. The predicted molar refractivity (Wildman–Crippen MR) is 343 cm³/mol. The first-order valence-corrected chi connectivity index (χ1v) is 30.4. The molecule has 386 valence electrons. The van der Waals surface area contributed by atoms with Crippen molar-refractivity contribution in [1.29, 1.82) is 0 Å². The van der Waals surface area contributed by atoms with Crippen LogP contribution in [-0.2, 0) is 6.42 Å². The van der Waals surface area contributed by atoms with E-state index in [1.807, 2.05) is 0 Å². The average Bonchev–Trinajstić information content (AvgIpc) is 1.74. The molecule has 7 aliphatic rings. The molecular formula is C74H51BN4O2P+. The molecule has 8 heteroatoms. The summed E-state index contributed by atoms with van der Waals surface area (Å²) in [6.07, 6.45) is 21.3. The van der Waals surface area contributed by atoms with Crippen LogP contribution in [0.3, 0.4) is 0 Å². The lowest BCUT2D eigenvalue weighted by Gasteiger charge is -2.45. The lowest BCUT2D eigenvalue weighted by Crippen LogP contribution is -2.67. The van der Waals surface area contributed by atoms with E-state index in [9.17, 15) is 0 Å². The minimum absolute atomic E-state index is 0.230. The van der Waals surface area contributed by atoms with Crippen LogP contribution in [0.5, 0.6) is 5.75 Å². The zero-order chi connectivity index (χ0) is 53.6. The van der Waals surface area contributed by atoms with E-state index in [0.717, 1.165) is 69.7 Å². The van der Waals surface area contributed by atoms with Crippen molar-refractivity contribution < 1.29 is 9.15 Å². The quantitative estimate of drug-likeness (QED) is 0.127. The van der Waals surface area contributed by atoms with Gasteiger partial charge in [-0.05, 0) is 139 Å². The zero-order valence-corrected chi connectivity index (χ0v) is 46.2. The van der Waals surface area contributed by atoms with E-state index in [2.05, 4.69) is 257 Å². The normalized spacial score (nSPS) is 17.7. The van der Waals surface area contributed by atoms with Crippen LogP contribution in [0.4, 0.5) is 34.1 Å². The summed E-state index contributed by atoms with van der Waals surface area (Å²) in [6, 6.07) is 66.0. The fourth-order valence-electron chi connectivity index (χ4n) is 15.8. The van der Waals surface area contributed by atoms with Gasteiger partial charge in [0, 0.05) is 60.6 Å². The van der Waals surface area contributed by atoms with E-state index >= 15 is 0 Å². The fourth-order valence-corrected chi connectivity index (χ4v) is 18.7. The highest BCUT2D eigenvalue weighted by Gasteiger charge is 2.56. The van der Waals surface area contributed by atoms with Gasteiger partial charge >= 0.3 is 0 Å². The Balaban J connectivity index is 1.16. The first-order valence-electron chi connectivity index (χ1n) is 29.0. The minimum Gasteiger partial charge on any atom is -0.478 e. The lowest BCUT2D eigenvalue weighted by atomic mass is 9.33. The van der Waals surface area contributed by atoms with Crippen molar-refractivity contribution in [3.05, 3.63) is 251 Å². The number of anilines is 6. The summed E-state index contributed by atoms with van der Waals surface area (Å²) in [5.41, 5.74) is 25.1. The molecule has 3 aliphatic carbocycles. The number of para-hydroxylation sites is 5. The Morgan fingerprint density at radius 3 is 2.00 bits per heavy atom. The molecule has 0 bridgehead atoms. The molecule has 0 saturated heterocycles. The van der Waals surface area contributed by atoms with Gasteiger partial charge in [-0.2, -0.15) is 0 Å². The van der Waals surface area contributed by atoms with Crippen molar-refractivity contribution in [3.63, 3.8) is 0 Å². The number of fused-ring (bicyclic) bond motifs is 13. The SMILES string of the molecule is Cc1cc2c3c(c1)N(c1ccccc1)c1c4c(c(-n5c6c(c7ccccc75)C(C)CC=C6)c5oc6ccccc6c15)[P+](c1ccccc1)=c1c(c(c5c(c1-n1c6c(c7ccccc71)CCC=C6)OC1C=CC=CC=51)N2c1ccccc1)B34. The number of ether oxygens (including phenoxy) is 1. The first kappa shape index (κ1) is 45.2. The maximum Gasteiger partial charge on any atom is 0.264 e. The number of aromatic nitrogens is 2. The van der Waals surface area contributed by atoms with Gasteiger partial charge in [-0.3, -0.25) is 0 Å². The van der Waals surface area contributed by atoms with Crippen molar-refractivity contribution in [1.82, 2.24) is 9.13 Å². The van der Waals surface area contributed by atoms with Crippen molar-refractivity contribution in [2.75, 3.05) is 9.80 Å². The molecule has 3 atom stereocenters. The largest absolute Gasteiger partial charge is 0.478 e. The third-order valence-corrected chi connectivity index (χ3v) is 21.4. The van der Waals surface area contributed by atoms with Crippen LogP contribution in [0.25, 0.3) is 72.8 Å². The molecule has 0 radical (unpaired) electrons. The topological polar surface area (TPSA) is 38.7 Å². The third-order valence-electron chi connectivity index (χ3n) is 18.8. The summed E-state index contributed by atoms with van der Waals surface area (Å²) < 4.78 is 20.9. The third kappa shape index (κ3) is 5.73. The highest BCUT2D eigenvalue weighted by Crippen LogP contribution is 2.55. The average molecular weight is 1070 g/mol. The van der Waals surface area contributed by atoms with Crippen molar-refractivity contribution >= 4 is 137 Å². The van der Waals surface area contributed by atoms with E-state index in [1.54, 1.807) is 0 Å². The first-order chi connectivity index (χ1) is 40.6. The van der Waals surface area contributed by atoms with Gasteiger partial charge in [-0.25, -0.2) is 0 Å². The second kappa shape index (κ2) is 16.5. The molecule has 4 aliphatic heterocycles. The summed E-state index contributed by atoms with van der Waals surface area (Å²) in [5.74, 6) is 1.25. The molecule has 6 nitrogen and oxygen atoms in total. The van der Waals surface area contributed by atoms with Crippen molar-refractivity contribution in [2.24, 2.45) is 0 Å². The molecule has 19 rings (SSSR count). The molecule has 0 amide bonds. The van der Waals surface area contributed by atoms with E-state index in [-0.39, 0.29) is 12.8 Å². The number of allylic oxidation sites excluding steroid dienone is 4. The molecule has 12 aromatic rings. The number of hydrogen-bond acceptors (Lipinski definition) is 4.